The van der Waals surface area contributed by atoms with Crippen LogP contribution in [-0.2, 0) is 6.54 Å². The summed E-state index contributed by atoms with van der Waals surface area (Å²) in [5, 5.41) is 7.35. The summed E-state index contributed by atoms with van der Waals surface area (Å²) in [5.74, 6) is 0.0704. The lowest BCUT2D eigenvalue weighted by Crippen LogP contribution is -2.46. The smallest absolute Gasteiger partial charge is 0.256 e. The number of aryl methyl sites for hydroxylation is 1. The minimum absolute atomic E-state index is 0.0992. The fourth-order valence-corrected chi connectivity index (χ4v) is 4.65. The Kier molecular flexibility index (Phi) is 5.99. The number of imidazole rings is 1. The van der Waals surface area contributed by atoms with Gasteiger partial charge in [-0.2, -0.15) is 4.98 Å². The number of methoxy groups -OCH3 is 1. The van der Waals surface area contributed by atoms with Crippen LogP contribution in [-0.4, -0.2) is 74.9 Å². The van der Waals surface area contributed by atoms with Gasteiger partial charge in [0, 0.05) is 13.1 Å². The first kappa shape index (κ1) is 23.3. The molecular formula is C23H25F4N7O. The van der Waals surface area contributed by atoms with Crippen LogP contribution in [0.2, 0.25) is 0 Å². The molecule has 1 aliphatic heterocycles. The summed E-state index contributed by atoms with van der Waals surface area (Å²) in [5.41, 5.74) is 1.87. The highest BCUT2D eigenvalue weighted by Crippen LogP contribution is 2.36. The van der Waals surface area contributed by atoms with E-state index in [0.717, 1.165) is 6.54 Å². The molecule has 0 spiro atoms. The van der Waals surface area contributed by atoms with Crippen LogP contribution in [0.3, 0.4) is 0 Å². The third-order valence-corrected chi connectivity index (χ3v) is 6.35. The zero-order valence-corrected chi connectivity index (χ0v) is 19.5. The van der Waals surface area contributed by atoms with Crippen LogP contribution in [0.5, 0.6) is 5.88 Å². The largest absolute Gasteiger partial charge is 0.479 e. The molecule has 1 aliphatic rings. The minimum Gasteiger partial charge on any atom is -0.479 e. The average molecular weight is 491 g/mol. The second kappa shape index (κ2) is 8.99. The Hall–Kier alpha value is -3.41. The predicted octanol–water partition coefficient (Wildman–Crippen LogP) is 3.92. The number of likely N-dealkylation sites (tertiary alicyclic amines) is 1. The first-order valence-electron chi connectivity index (χ1n) is 11.2. The third kappa shape index (κ3) is 4.26. The van der Waals surface area contributed by atoms with Gasteiger partial charge in [-0.1, -0.05) is 6.07 Å². The van der Waals surface area contributed by atoms with Crippen molar-refractivity contribution in [3.8, 4) is 17.0 Å². The molecule has 1 fully saturated rings. The summed E-state index contributed by atoms with van der Waals surface area (Å²) in [4.78, 5) is 10.6. The number of hydrogen-bond donors (Lipinski definition) is 1. The molecule has 0 amide bonds. The van der Waals surface area contributed by atoms with Gasteiger partial charge in [-0.25, -0.2) is 27.1 Å². The summed E-state index contributed by atoms with van der Waals surface area (Å²) in [6.45, 7) is 2.15. The van der Waals surface area contributed by atoms with Gasteiger partial charge in [0.25, 0.3) is 6.43 Å². The molecule has 1 aromatic carbocycles. The molecule has 186 valence electrons. The highest BCUT2D eigenvalue weighted by molar-refractivity contribution is 5.90. The van der Waals surface area contributed by atoms with E-state index in [1.54, 1.807) is 25.1 Å². The first-order chi connectivity index (χ1) is 16.7. The molecule has 0 aliphatic carbocycles. The van der Waals surface area contributed by atoms with Crippen molar-refractivity contribution in [1.29, 1.82) is 0 Å². The average Bonchev–Trinajstić information content (AvgIpc) is 3.30. The van der Waals surface area contributed by atoms with Crippen molar-refractivity contribution in [3.63, 3.8) is 0 Å². The van der Waals surface area contributed by atoms with Crippen LogP contribution in [0.25, 0.3) is 27.7 Å². The van der Waals surface area contributed by atoms with Gasteiger partial charge in [0.2, 0.25) is 11.8 Å². The molecule has 12 heteroatoms. The molecule has 4 heterocycles. The lowest BCUT2D eigenvalue weighted by molar-refractivity contribution is 0.127. The van der Waals surface area contributed by atoms with Crippen LogP contribution in [0.1, 0.15) is 12.2 Å². The maximum Gasteiger partial charge on any atom is 0.256 e. The van der Waals surface area contributed by atoms with Gasteiger partial charge < -0.3 is 19.5 Å². The van der Waals surface area contributed by atoms with E-state index in [-0.39, 0.29) is 22.9 Å². The lowest BCUT2D eigenvalue weighted by Gasteiger charge is -2.32. The highest BCUT2D eigenvalue weighted by Gasteiger charge is 2.29. The number of aromatic nitrogens is 5. The molecule has 3 aromatic heterocycles. The molecule has 4 aromatic rings. The van der Waals surface area contributed by atoms with Gasteiger partial charge in [-0.3, -0.25) is 0 Å². The van der Waals surface area contributed by atoms with E-state index < -0.39 is 31.0 Å². The second-order valence-corrected chi connectivity index (χ2v) is 8.77. The fraction of sp³-hybridized carbons (Fsp3) is 0.435. The number of ether oxygens (including phenoxy) is 1. The zero-order chi connectivity index (χ0) is 24.9. The molecule has 8 nitrogen and oxygen atoms in total. The SMILES string of the molecule is COc1nc(N[C@@H]2CCN(C)C[C@@H]2F)nn2cc(F)c(-c3ccc4nc(C)n(CC(F)F)c4c3)c12. The number of benzene rings is 1. The first-order valence-corrected chi connectivity index (χ1v) is 11.2. The Morgan fingerprint density at radius 3 is 2.77 bits per heavy atom. The van der Waals surface area contributed by atoms with Crippen LogP contribution in [0.15, 0.2) is 24.4 Å². The summed E-state index contributed by atoms with van der Waals surface area (Å²) < 4.78 is 64.1. The Balaban J connectivity index is 1.57. The van der Waals surface area contributed by atoms with E-state index in [9.17, 15) is 13.2 Å². The zero-order valence-electron chi connectivity index (χ0n) is 19.5. The Labute approximate surface area is 198 Å². The van der Waals surface area contributed by atoms with Crippen molar-refractivity contribution in [2.24, 2.45) is 0 Å². The van der Waals surface area contributed by atoms with Gasteiger partial charge in [0.1, 0.15) is 17.5 Å². The second-order valence-electron chi connectivity index (χ2n) is 8.77. The third-order valence-electron chi connectivity index (χ3n) is 6.35. The molecule has 0 unspecified atom stereocenters. The topological polar surface area (TPSA) is 72.5 Å². The molecule has 0 saturated carbocycles. The number of piperidine rings is 1. The van der Waals surface area contributed by atoms with Crippen LogP contribution in [0.4, 0.5) is 23.5 Å². The summed E-state index contributed by atoms with van der Waals surface area (Å²) in [7, 11) is 3.26. The number of anilines is 1. The number of hydrogen-bond acceptors (Lipinski definition) is 6. The van der Waals surface area contributed by atoms with Crippen molar-refractivity contribution in [2.75, 3.05) is 32.6 Å². The Bertz CT molecular complexity index is 1390. The summed E-state index contributed by atoms with van der Waals surface area (Å²) in [6, 6.07) is 4.47. The molecule has 1 saturated heterocycles. The molecule has 0 bridgehead atoms. The maximum atomic E-state index is 15.2. The molecular weight excluding hydrogens is 466 g/mol. The minimum atomic E-state index is -2.56. The standard InChI is InChI=1S/C23H25F4N7O/c1-12-28-17-5-4-13(8-18(17)33(12)11-19(26)27)20-15(25)10-34-21(20)22(35-3)30-23(31-34)29-16-6-7-32(2)9-14(16)24/h4-5,8,10,14,16,19H,6-7,9,11H2,1-3H3,(H,29,31)/t14-,16+/m0/s1. The molecule has 5 rings (SSSR count). The van der Waals surface area contributed by atoms with Crippen LogP contribution in [0, 0.1) is 12.7 Å². The number of alkyl halides is 3. The van der Waals surface area contributed by atoms with Crippen molar-refractivity contribution < 1.29 is 22.3 Å². The summed E-state index contributed by atoms with van der Waals surface area (Å²) >= 11 is 0. The van der Waals surface area contributed by atoms with E-state index in [2.05, 4.69) is 20.4 Å². The van der Waals surface area contributed by atoms with E-state index in [0.29, 0.717) is 35.4 Å². The van der Waals surface area contributed by atoms with Crippen LogP contribution >= 0.6 is 0 Å². The number of fused-ring (bicyclic) bond motifs is 2. The van der Waals surface area contributed by atoms with E-state index >= 15 is 4.39 Å². The predicted molar refractivity (Wildman–Crippen MR) is 123 cm³/mol. The Morgan fingerprint density at radius 1 is 1.26 bits per heavy atom. The van der Waals surface area contributed by atoms with Crippen molar-refractivity contribution in [3.05, 3.63) is 36.0 Å². The van der Waals surface area contributed by atoms with Crippen molar-refractivity contribution >= 4 is 22.5 Å². The molecule has 0 radical (unpaired) electrons. The van der Waals surface area contributed by atoms with Gasteiger partial charge in [-0.05, 0) is 38.1 Å². The van der Waals surface area contributed by atoms with Gasteiger partial charge in [-0.15, -0.1) is 5.10 Å². The van der Waals surface area contributed by atoms with Crippen molar-refractivity contribution in [2.45, 2.75) is 38.5 Å². The fourth-order valence-electron chi connectivity index (χ4n) is 4.65. The number of nitrogens with one attached hydrogen (secondary N) is 1. The van der Waals surface area contributed by atoms with Gasteiger partial charge in [0.15, 0.2) is 5.82 Å². The maximum absolute atomic E-state index is 15.2. The molecule has 1 N–H and O–H groups in total. The monoisotopic (exact) mass is 491 g/mol. The van der Waals surface area contributed by atoms with Gasteiger partial charge >= 0.3 is 0 Å². The highest BCUT2D eigenvalue weighted by atomic mass is 19.3. The quantitative estimate of drug-likeness (QED) is 0.413. The molecule has 2 atom stereocenters. The number of rotatable bonds is 6. The summed E-state index contributed by atoms with van der Waals surface area (Å²) in [6.07, 6.45) is -1.91. The number of nitrogens with zero attached hydrogens (tertiary/aromatic N) is 6. The van der Waals surface area contributed by atoms with Gasteiger partial charge in [0.05, 0.1) is 42.5 Å². The Morgan fingerprint density at radius 2 is 2.06 bits per heavy atom. The normalized spacial score (nSPS) is 19.2. The van der Waals surface area contributed by atoms with Crippen molar-refractivity contribution in [1.82, 2.24) is 29.0 Å². The van der Waals surface area contributed by atoms with E-state index in [1.807, 2.05) is 11.9 Å². The van der Waals surface area contributed by atoms with Crippen LogP contribution < -0.4 is 10.1 Å². The molecule has 35 heavy (non-hydrogen) atoms. The van der Waals surface area contributed by atoms with E-state index in [1.165, 1.54) is 22.4 Å². The number of halogens is 4. The van der Waals surface area contributed by atoms with E-state index in [4.69, 9.17) is 4.74 Å². The lowest BCUT2D eigenvalue weighted by atomic mass is 10.0.